The highest BCUT2D eigenvalue weighted by molar-refractivity contribution is 5.86. The van der Waals surface area contributed by atoms with Crippen LogP contribution >= 0.6 is 0 Å². The van der Waals surface area contributed by atoms with Gasteiger partial charge in [-0.25, -0.2) is 4.79 Å². The van der Waals surface area contributed by atoms with E-state index in [9.17, 15) is 31.1 Å². The minimum absolute atomic E-state index is 0.0686. The summed E-state index contributed by atoms with van der Waals surface area (Å²) in [7, 11) is 0. The zero-order valence-electron chi connectivity index (χ0n) is 16.0. The minimum Gasteiger partial charge on any atom is -0.444 e. The molecule has 158 valence electrons. The number of hydrogen-bond acceptors (Lipinski definition) is 2. The molecule has 0 saturated carbocycles. The Morgan fingerprint density at radius 1 is 0.793 bits per heavy atom. The lowest BCUT2D eigenvalue weighted by atomic mass is 9.97. The van der Waals surface area contributed by atoms with Crippen molar-refractivity contribution in [3.8, 4) is 11.1 Å². The third kappa shape index (κ3) is 6.40. The Kier molecular flexibility index (Phi) is 5.92. The molecule has 0 radical (unpaired) electrons. The first kappa shape index (κ1) is 22.6. The van der Waals surface area contributed by atoms with Crippen molar-refractivity contribution < 1.29 is 35.9 Å². The van der Waals surface area contributed by atoms with Gasteiger partial charge in [-0.15, -0.1) is 0 Å². The molecule has 0 aliphatic carbocycles. The van der Waals surface area contributed by atoms with Crippen LogP contribution in [-0.4, -0.2) is 11.7 Å². The van der Waals surface area contributed by atoms with E-state index in [1.807, 2.05) is 0 Å². The summed E-state index contributed by atoms with van der Waals surface area (Å²) in [6.45, 7) is 6.54. The number of carbonyl (C=O) groups is 1. The molecular weight excluding hydrogens is 400 g/mol. The first-order valence-electron chi connectivity index (χ1n) is 8.46. The van der Waals surface area contributed by atoms with Gasteiger partial charge in [0.15, 0.2) is 0 Å². The fraction of sp³-hybridized carbons (Fsp3) is 0.350. The summed E-state index contributed by atoms with van der Waals surface area (Å²) in [6, 6.07) is 5.58. The monoisotopic (exact) mass is 419 g/mol. The van der Waals surface area contributed by atoms with Crippen LogP contribution in [0.25, 0.3) is 11.1 Å². The van der Waals surface area contributed by atoms with Crippen molar-refractivity contribution >= 4 is 11.8 Å². The lowest BCUT2D eigenvalue weighted by molar-refractivity contribution is -0.143. The smallest absolute Gasteiger partial charge is 0.416 e. The SMILES string of the molecule is Cc1cc(NC(=O)OC(C)(C)C)cc(-c2cc(C(F)(F)F)cc(C(F)(F)F)c2)c1. The van der Waals surface area contributed by atoms with Crippen LogP contribution < -0.4 is 5.32 Å². The molecule has 29 heavy (non-hydrogen) atoms. The van der Waals surface area contributed by atoms with Crippen LogP contribution in [0.3, 0.4) is 0 Å². The van der Waals surface area contributed by atoms with Crippen molar-refractivity contribution in [2.24, 2.45) is 0 Å². The predicted molar refractivity (Wildman–Crippen MR) is 96.5 cm³/mol. The molecule has 0 aliphatic heterocycles. The molecule has 0 heterocycles. The Morgan fingerprint density at radius 2 is 1.28 bits per heavy atom. The third-order valence-corrected chi connectivity index (χ3v) is 3.64. The van der Waals surface area contributed by atoms with E-state index in [4.69, 9.17) is 4.74 Å². The molecule has 2 aromatic carbocycles. The Morgan fingerprint density at radius 3 is 1.72 bits per heavy atom. The second-order valence-electron chi connectivity index (χ2n) is 7.51. The van der Waals surface area contributed by atoms with Gasteiger partial charge in [-0.3, -0.25) is 5.32 Å². The number of hydrogen-bond donors (Lipinski definition) is 1. The maximum absolute atomic E-state index is 13.1. The predicted octanol–water partition coefficient (Wildman–Crippen LogP) is 7.05. The Hall–Kier alpha value is -2.71. The molecule has 0 fully saturated rings. The summed E-state index contributed by atoms with van der Waals surface area (Å²) in [4.78, 5) is 11.9. The maximum atomic E-state index is 13.1. The van der Waals surface area contributed by atoms with Gasteiger partial charge in [-0.2, -0.15) is 26.3 Å². The lowest BCUT2D eigenvalue weighted by Gasteiger charge is -2.20. The number of nitrogens with one attached hydrogen (secondary N) is 1. The molecule has 9 heteroatoms. The molecule has 2 aromatic rings. The van der Waals surface area contributed by atoms with Gasteiger partial charge in [0.2, 0.25) is 0 Å². The van der Waals surface area contributed by atoms with Crippen LogP contribution in [0, 0.1) is 6.92 Å². The summed E-state index contributed by atoms with van der Waals surface area (Å²) in [5, 5.41) is 2.43. The molecule has 0 unspecified atom stereocenters. The van der Waals surface area contributed by atoms with E-state index in [2.05, 4.69) is 5.32 Å². The molecular formula is C20H19F6NO2. The quantitative estimate of drug-likeness (QED) is 0.530. The van der Waals surface area contributed by atoms with Crippen molar-refractivity contribution in [2.45, 2.75) is 45.6 Å². The van der Waals surface area contributed by atoms with E-state index in [1.54, 1.807) is 27.7 Å². The average Bonchev–Trinajstić information content (AvgIpc) is 2.50. The molecule has 3 nitrogen and oxygen atoms in total. The van der Waals surface area contributed by atoms with E-state index >= 15 is 0 Å². The van der Waals surface area contributed by atoms with Gasteiger partial charge in [0.05, 0.1) is 11.1 Å². The van der Waals surface area contributed by atoms with Crippen LogP contribution in [-0.2, 0) is 17.1 Å². The van der Waals surface area contributed by atoms with Crippen LogP contribution in [0.5, 0.6) is 0 Å². The minimum atomic E-state index is -4.95. The van der Waals surface area contributed by atoms with Crippen molar-refractivity contribution in [1.82, 2.24) is 0 Å². The summed E-state index contributed by atoms with van der Waals surface area (Å²) in [5.74, 6) is 0. The van der Waals surface area contributed by atoms with Crippen molar-refractivity contribution in [3.05, 3.63) is 53.1 Å². The highest BCUT2D eigenvalue weighted by Gasteiger charge is 2.37. The summed E-state index contributed by atoms with van der Waals surface area (Å²) < 4.78 is 83.7. The number of ether oxygens (including phenoxy) is 1. The van der Waals surface area contributed by atoms with Crippen LogP contribution in [0.4, 0.5) is 36.8 Å². The van der Waals surface area contributed by atoms with Crippen LogP contribution in [0.1, 0.15) is 37.5 Å². The zero-order valence-corrected chi connectivity index (χ0v) is 16.0. The van der Waals surface area contributed by atoms with Gasteiger partial charge in [0.1, 0.15) is 5.60 Å². The lowest BCUT2D eigenvalue weighted by Crippen LogP contribution is -2.27. The summed E-state index contributed by atoms with van der Waals surface area (Å²) >= 11 is 0. The van der Waals surface area contributed by atoms with Crippen molar-refractivity contribution in [3.63, 3.8) is 0 Å². The summed E-state index contributed by atoms with van der Waals surface area (Å²) in [6.07, 6.45) is -10.7. The first-order valence-corrected chi connectivity index (χ1v) is 8.46. The molecule has 1 N–H and O–H groups in total. The van der Waals surface area contributed by atoms with E-state index in [0.717, 1.165) is 0 Å². The number of carbonyl (C=O) groups excluding carboxylic acids is 1. The molecule has 0 aromatic heterocycles. The van der Waals surface area contributed by atoms with Gasteiger partial charge >= 0.3 is 18.4 Å². The van der Waals surface area contributed by atoms with Gasteiger partial charge in [-0.05, 0) is 74.7 Å². The molecule has 0 saturated heterocycles. The molecule has 1 amide bonds. The van der Waals surface area contributed by atoms with Gasteiger partial charge in [-0.1, -0.05) is 6.07 Å². The van der Waals surface area contributed by atoms with E-state index in [-0.39, 0.29) is 22.9 Å². The number of aryl methyl sites for hydroxylation is 1. The fourth-order valence-electron chi connectivity index (χ4n) is 2.56. The Balaban J connectivity index is 2.51. The normalized spacial score (nSPS) is 12.6. The van der Waals surface area contributed by atoms with Crippen molar-refractivity contribution in [1.29, 1.82) is 0 Å². The van der Waals surface area contributed by atoms with E-state index < -0.39 is 35.2 Å². The average molecular weight is 419 g/mol. The van der Waals surface area contributed by atoms with Gasteiger partial charge in [0.25, 0.3) is 0 Å². The van der Waals surface area contributed by atoms with Crippen molar-refractivity contribution in [2.75, 3.05) is 5.32 Å². The maximum Gasteiger partial charge on any atom is 0.416 e. The number of anilines is 1. The fourth-order valence-corrected chi connectivity index (χ4v) is 2.56. The van der Waals surface area contributed by atoms with Gasteiger partial charge in [0, 0.05) is 5.69 Å². The Labute approximate surface area is 163 Å². The van der Waals surface area contributed by atoms with Crippen LogP contribution in [0.15, 0.2) is 36.4 Å². The van der Waals surface area contributed by atoms with E-state index in [0.29, 0.717) is 17.7 Å². The highest BCUT2D eigenvalue weighted by Crippen LogP contribution is 2.39. The number of rotatable bonds is 2. The Bertz CT molecular complexity index is 878. The largest absolute Gasteiger partial charge is 0.444 e. The number of alkyl halides is 6. The number of halogens is 6. The molecule has 2 rings (SSSR count). The summed E-state index contributed by atoms with van der Waals surface area (Å²) in [5.41, 5.74) is -3.08. The molecule has 0 spiro atoms. The molecule has 0 atom stereocenters. The highest BCUT2D eigenvalue weighted by atomic mass is 19.4. The third-order valence-electron chi connectivity index (χ3n) is 3.64. The van der Waals surface area contributed by atoms with Crippen LogP contribution in [0.2, 0.25) is 0 Å². The zero-order chi connectivity index (χ0) is 22.2. The molecule has 0 bridgehead atoms. The molecule has 0 aliphatic rings. The second kappa shape index (κ2) is 7.61. The second-order valence-corrected chi connectivity index (χ2v) is 7.51. The topological polar surface area (TPSA) is 38.3 Å². The number of amides is 1. The van der Waals surface area contributed by atoms with Gasteiger partial charge < -0.3 is 4.74 Å². The standard InChI is InChI=1S/C20H19F6NO2/c1-11-5-12(9-16(6-11)27-17(28)29-18(2,3)4)13-7-14(19(21,22)23)10-15(8-13)20(24,25)26/h5-10H,1-4H3,(H,27,28). The van der Waals surface area contributed by atoms with E-state index in [1.165, 1.54) is 18.2 Å². The number of benzene rings is 2. The first-order chi connectivity index (χ1) is 13.0.